The standard InChI is InChI=1S/C20H22O5/c21-13-19(25-15-17-9-5-2-6-10-17)11-18(12-20(22)23)24-14-16-7-3-1-4-8-16/h1-10,13,18-19H,11-12,14-15H2,(H,22,23)/t18-,19+/m1/s1. The van der Waals surface area contributed by atoms with Crippen molar-refractivity contribution in [1.29, 1.82) is 0 Å². The van der Waals surface area contributed by atoms with Crippen LogP contribution in [0.15, 0.2) is 60.7 Å². The van der Waals surface area contributed by atoms with Crippen molar-refractivity contribution in [1.82, 2.24) is 0 Å². The molecule has 25 heavy (non-hydrogen) atoms. The molecule has 2 rings (SSSR count). The fourth-order valence-corrected chi connectivity index (χ4v) is 2.39. The number of carboxylic acid groups (broad SMARTS) is 1. The van der Waals surface area contributed by atoms with Gasteiger partial charge in [-0.2, -0.15) is 0 Å². The van der Waals surface area contributed by atoms with Crippen molar-refractivity contribution in [3.8, 4) is 0 Å². The van der Waals surface area contributed by atoms with Gasteiger partial charge in [0.1, 0.15) is 12.4 Å². The van der Waals surface area contributed by atoms with Crippen molar-refractivity contribution in [2.45, 2.75) is 38.3 Å². The highest BCUT2D eigenvalue weighted by Crippen LogP contribution is 2.14. The molecule has 1 N–H and O–H groups in total. The van der Waals surface area contributed by atoms with Crippen molar-refractivity contribution < 1.29 is 24.2 Å². The molecule has 2 aromatic rings. The number of carboxylic acids is 1. The third-order valence-electron chi connectivity index (χ3n) is 3.68. The van der Waals surface area contributed by atoms with Gasteiger partial charge in [0, 0.05) is 6.42 Å². The van der Waals surface area contributed by atoms with Gasteiger partial charge in [0.25, 0.3) is 0 Å². The van der Waals surface area contributed by atoms with Gasteiger partial charge >= 0.3 is 5.97 Å². The maximum absolute atomic E-state index is 11.3. The highest BCUT2D eigenvalue weighted by molar-refractivity contribution is 5.67. The van der Waals surface area contributed by atoms with Gasteiger partial charge in [-0.05, 0) is 11.1 Å². The molecule has 5 heteroatoms. The van der Waals surface area contributed by atoms with E-state index < -0.39 is 18.2 Å². The second-order valence-electron chi connectivity index (χ2n) is 5.72. The Bertz CT molecular complexity index is 642. The number of hydrogen-bond acceptors (Lipinski definition) is 4. The van der Waals surface area contributed by atoms with E-state index in [1.54, 1.807) is 0 Å². The van der Waals surface area contributed by atoms with E-state index in [1.165, 1.54) is 0 Å². The maximum Gasteiger partial charge on any atom is 0.305 e. The summed E-state index contributed by atoms with van der Waals surface area (Å²) in [6.07, 6.45) is -0.575. The number of carbonyl (C=O) groups excluding carboxylic acids is 1. The lowest BCUT2D eigenvalue weighted by atomic mass is 10.1. The summed E-state index contributed by atoms with van der Waals surface area (Å²) in [4.78, 5) is 22.4. The summed E-state index contributed by atoms with van der Waals surface area (Å²) in [5.41, 5.74) is 1.90. The van der Waals surface area contributed by atoms with Crippen LogP contribution in [-0.4, -0.2) is 29.6 Å². The van der Waals surface area contributed by atoms with E-state index in [0.29, 0.717) is 19.5 Å². The minimum atomic E-state index is -0.967. The number of aliphatic carboxylic acids is 1. The lowest BCUT2D eigenvalue weighted by Gasteiger charge is -2.20. The van der Waals surface area contributed by atoms with Crippen LogP contribution in [-0.2, 0) is 32.3 Å². The molecule has 2 atom stereocenters. The second-order valence-corrected chi connectivity index (χ2v) is 5.72. The first-order chi connectivity index (χ1) is 12.2. The number of hydrogen-bond donors (Lipinski definition) is 1. The number of ether oxygens (including phenoxy) is 2. The molecule has 132 valence electrons. The molecule has 5 nitrogen and oxygen atoms in total. The minimum Gasteiger partial charge on any atom is -0.481 e. The highest BCUT2D eigenvalue weighted by Gasteiger charge is 2.20. The summed E-state index contributed by atoms with van der Waals surface area (Å²) in [5, 5.41) is 9.07. The van der Waals surface area contributed by atoms with E-state index in [0.717, 1.165) is 11.1 Å². The third kappa shape index (κ3) is 7.28. The minimum absolute atomic E-state index is 0.175. The molecule has 0 aliphatic carbocycles. The van der Waals surface area contributed by atoms with Crippen LogP contribution in [0.25, 0.3) is 0 Å². The van der Waals surface area contributed by atoms with E-state index in [2.05, 4.69) is 0 Å². The summed E-state index contributed by atoms with van der Waals surface area (Å²) in [6.45, 7) is 0.589. The van der Waals surface area contributed by atoms with Gasteiger partial charge in [-0.15, -0.1) is 0 Å². The molecule has 2 aromatic carbocycles. The fraction of sp³-hybridized carbons (Fsp3) is 0.300. The summed E-state index contributed by atoms with van der Waals surface area (Å²) >= 11 is 0. The predicted octanol–water partition coefficient (Wildman–Crippen LogP) is 3.22. The van der Waals surface area contributed by atoms with Gasteiger partial charge in [-0.25, -0.2) is 0 Å². The molecule has 0 unspecified atom stereocenters. The van der Waals surface area contributed by atoms with Crippen LogP contribution < -0.4 is 0 Å². The number of aldehydes is 1. The number of benzene rings is 2. The molecule has 0 heterocycles. The monoisotopic (exact) mass is 342 g/mol. The van der Waals surface area contributed by atoms with Crippen molar-refractivity contribution in [3.05, 3.63) is 71.8 Å². The Morgan fingerprint density at radius 2 is 1.44 bits per heavy atom. The summed E-state index contributed by atoms with van der Waals surface area (Å²) in [7, 11) is 0. The highest BCUT2D eigenvalue weighted by atomic mass is 16.5. The van der Waals surface area contributed by atoms with Crippen LogP contribution in [0.4, 0.5) is 0 Å². The van der Waals surface area contributed by atoms with Gasteiger partial charge in [0.05, 0.1) is 25.7 Å². The molecule has 0 aliphatic rings. The van der Waals surface area contributed by atoms with Crippen LogP contribution >= 0.6 is 0 Å². The average molecular weight is 342 g/mol. The third-order valence-corrected chi connectivity index (χ3v) is 3.68. The molecular formula is C20H22O5. The summed E-state index contributed by atoms with van der Waals surface area (Å²) in [6, 6.07) is 19.0. The van der Waals surface area contributed by atoms with E-state index in [1.807, 2.05) is 60.7 Å². The summed E-state index contributed by atoms with van der Waals surface area (Å²) in [5.74, 6) is -0.967. The summed E-state index contributed by atoms with van der Waals surface area (Å²) < 4.78 is 11.3. The first-order valence-electron chi connectivity index (χ1n) is 8.15. The first kappa shape index (κ1) is 18.8. The lowest BCUT2D eigenvalue weighted by Crippen LogP contribution is -2.26. The van der Waals surface area contributed by atoms with Gasteiger partial charge in [0.2, 0.25) is 0 Å². The van der Waals surface area contributed by atoms with E-state index in [9.17, 15) is 9.59 Å². The van der Waals surface area contributed by atoms with Crippen LogP contribution in [0.1, 0.15) is 24.0 Å². The van der Waals surface area contributed by atoms with Crippen LogP contribution in [0.5, 0.6) is 0 Å². The Labute approximate surface area is 147 Å². The van der Waals surface area contributed by atoms with Gasteiger partial charge in [-0.1, -0.05) is 60.7 Å². The molecule has 0 amide bonds. The first-order valence-corrected chi connectivity index (χ1v) is 8.15. The van der Waals surface area contributed by atoms with Crippen molar-refractivity contribution in [2.75, 3.05) is 0 Å². The average Bonchev–Trinajstić information content (AvgIpc) is 2.64. The van der Waals surface area contributed by atoms with E-state index in [4.69, 9.17) is 14.6 Å². The number of rotatable bonds is 11. The lowest BCUT2D eigenvalue weighted by molar-refractivity contribution is -0.142. The zero-order valence-corrected chi connectivity index (χ0v) is 13.9. The maximum atomic E-state index is 11.3. The van der Waals surface area contributed by atoms with Crippen molar-refractivity contribution >= 4 is 12.3 Å². The Balaban J connectivity index is 1.89. The van der Waals surface area contributed by atoms with Crippen LogP contribution in [0.2, 0.25) is 0 Å². The van der Waals surface area contributed by atoms with Crippen LogP contribution in [0.3, 0.4) is 0 Å². The Morgan fingerprint density at radius 1 is 0.920 bits per heavy atom. The van der Waals surface area contributed by atoms with Crippen molar-refractivity contribution in [2.24, 2.45) is 0 Å². The Kier molecular flexibility index (Phi) is 7.82. The van der Waals surface area contributed by atoms with Gasteiger partial charge in [0.15, 0.2) is 0 Å². The van der Waals surface area contributed by atoms with Gasteiger partial charge < -0.3 is 19.4 Å². The fourth-order valence-electron chi connectivity index (χ4n) is 2.39. The molecule has 0 aliphatic heterocycles. The quantitative estimate of drug-likeness (QED) is 0.635. The second kappa shape index (κ2) is 10.4. The smallest absolute Gasteiger partial charge is 0.305 e. The van der Waals surface area contributed by atoms with E-state index >= 15 is 0 Å². The zero-order valence-electron chi connectivity index (χ0n) is 13.9. The van der Waals surface area contributed by atoms with Crippen LogP contribution in [0, 0.1) is 0 Å². The number of carbonyl (C=O) groups is 2. The largest absolute Gasteiger partial charge is 0.481 e. The molecule has 0 saturated heterocycles. The predicted molar refractivity (Wildman–Crippen MR) is 93.0 cm³/mol. The van der Waals surface area contributed by atoms with E-state index in [-0.39, 0.29) is 12.8 Å². The molecule has 0 spiro atoms. The molecule has 0 fully saturated rings. The normalized spacial score (nSPS) is 13.1. The molecular weight excluding hydrogens is 320 g/mol. The SMILES string of the molecule is O=C[C@H](C[C@H](CC(=O)O)OCc1ccccc1)OCc1ccccc1. The molecule has 0 bridgehead atoms. The topological polar surface area (TPSA) is 72.8 Å². The molecule has 0 radical (unpaired) electrons. The molecule has 0 saturated carbocycles. The zero-order chi connectivity index (χ0) is 17.9. The Hall–Kier alpha value is -2.50. The Morgan fingerprint density at radius 3 is 1.92 bits per heavy atom. The van der Waals surface area contributed by atoms with Gasteiger partial charge in [-0.3, -0.25) is 4.79 Å². The molecule has 0 aromatic heterocycles. The van der Waals surface area contributed by atoms with Crippen molar-refractivity contribution in [3.63, 3.8) is 0 Å².